The largest absolute Gasteiger partial charge is 0.497 e. The van der Waals surface area contributed by atoms with Crippen LogP contribution in [-0.4, -0.2) is 24.9 Å². The molecule has 0 aliphatic rings. The maximum atomic E-state index is 13.8. The van der Waals surface area contributed by atoms with E-state index in [-0.39, 0.29) is 44.8 Å². The van der Waals surface area contributed by atoms with E-state index in [2.05, 4.69) is 4.74 Å². The summed E-state index contributed by atoms with van der Waals surface area (Å²) in [5.41, 5.74) is -8.70. The molecule has 0 unspecified atom stereocenters. The second-order valence-corrected chi connectivity index (χ2v) is 4.34. The number of rotatable bonds is 4. The number of alkyl halides is 9. The molecule has 1 N–H and O–H groups in total. The van der Waals surface area contributed by atoms with Crippen LogP contribution in [0.4, 0.5) is 45.2 Å². The zero-order chi connectivity index (χ0) is 18.9. The predicted octanol–water partition coefficient (Wildman–Crippen LogP) is 4.33. The van der Waals surface area contributed by atoms with Crippen molar-refractivity contribution in [3.8, 4) is 5.75 Å². The Hall–Kier alpha value is -1.04. The van der Waals surface area contributed by atoms with E-state index in [0.717, 1.165) is 6.92 Å². The van der Waals surface area contributed by atoms with Crippen molar-refractivity contribution in [1.82, 2.24) is 0 Å². The van der Waals surface area contributed by atoms with Crippen molar-refractivity contribution in [2.45, 2.75) is 31.6 Å². The molecule has 3 nitrogen and oxygen atoms in total. The topological polar surface area (TPSA) is 38.3 Å². The number of ether oxygens (including phenoxy) is 1. The van der Waals surface area contributed by atoms with Gasteiger partial charge in [-0.3, -0.25) is 4.79 Å². The fraction of sp³-hybridized carbons (Fsp3) is 0.417. The smallest absolute Gasteiger partial charge is 0.424 e. The number of amides is 1. The van der Waals surface area contributed by atoms with Crippen molar-refractivity contribution in [2.24, 2.45) is 0 Å². The van der Waals surface area contributed by atoms with Crippen LogP contribution in [0.15, 0.2) is 12.1 Å². The molecule has 0 bridgehead atoms. The second-order valence-electron chi connectivity index (χ2n) is 4.34. The number of benzene rings is 1. The number of halogens is 9. The van der Waals surface area contributed by atoms with Gasteiger partial charge >= 0.3 is 19.0 Å². The third-order valence-electron chi connectivity index (χ3n) is 2.60. The van der Waals surface area contributed by atoms with Crippen molar-refractivity contribution >= 4 is 11.6 Å². The first-order valence-corrected chi connectivity index (χ1v) is 5.81. The summed E-state index contributed by atoms with van der Waals surface area (Å²) in [4.78, 5) is 10.8. The van der Waals surface area contributed by atoms with Gasteiger partial charge in [-0.25, -0.2) is 4.39 Å². The van der Waals surface area contributed by atoms with Crippen LogP contribution in [0.5, 0.6) is 5.75 Å². The minimum absolute atomic E-state index is 0. The van der Waals surface area contributed by atoms with E-state index < -0.39 is 47.5 Å². The maximum absolute atomic E-state index is 13.8. The SMILES string of the molecule is CC(=O)Nc1[c-]cc(C(F)(C(F)(F)F)C(F)(F)F)cc1OC(F)F.[Y]. The number of carbonyl (C=O) groups is 1. The van der Waals surface area contributed by atoms with Crippen molar-refractivity contribution in [2.75, 3.05) is 5.32 Å². The molecule has 0 heterocycles. The minimum atomic E-state index is -6.43. The monoisotopic (exact) mass is 457 g/mol. The van der Waals surface area contributed by atoms with E-state index in [0.29, 0.717) is 0 Å². The molecule has 0 saturated carbocycles. The Balaban J connectivity index is 0.00000576. The molecule has 0 saturated heterocycles. The summed E-state index contributed by atoms with van der Waals surface area (Å²) in [6.45, 7) is -2.79. The molecule has 1 aromatic carbocycles. The fourth-order valence-electron chi connectivity index (χ4n) is 1.63. The van der Waals surface area contributed by atoms with E-state index in [1.165, 1.54) is 0 Å². The van der Waals surface area contributed by atoms with Gasteiger partial charge in [0.25, 0.3) is 5.67 Å². The van der Waals surface area contributed by atoms with Crippen LogP contribution >= 0.6 is 0 Å². The van der Waals surface area contributed by atoms with E-state index in [1.807, 2.05) is 0 Å². The first-order valence-electron chi connectivity index (χ1n) is 5.81. The first-order chi connectivity index (χ1) is 10.7. The van der Waals surface area contributed by atoms with Crippen LogP contribution in [0.2, 0.25) is 0 Å². The van der Waals surface area contributed by atoms with Crippen LogP contribution < -0.4 is 10.1 Å². The fourth-order valence-corrected chi connectivity index (χ4v) is 1.63. The summed E-state index contributed by atoms with van der Waals surface area (Å²) in [7, 11) is 0. The van der Waals surface area contributed by atoms with E-state index in [9.17, 15) is 44.3 Å². The zero-order valence-electron chi connectivity index (χ0n) is 12.0. The first kappa shape index (κ1) is 24.0. The van der Waals surface area contributed by atoms with E-state index in [1.54, 1.807) is 11.4 Å². The van der Waals surface area contributed by atoms with Crippen LogP contribution in [0.3, 0.4) is 0 Å². The molecule has 25 heavy (non-hydrogen) atoms. The molecule has 1 aromatic rings. The van der Waals surface area contributed by atoms with Crippen molar-refractivity contribution in [3.05, 3.63) is 23.8 Å². The summed E-state index contributed by atoms with van der Waals surface area (Å²) < 4.78 is 118. The summed E-state index contributed by atoms with van der Waals surface area (Å²) in [5.74, 6) is -2.22. The van der Waals surface area contributed by atoms with Gasteiger partial charge in [0, 0.05) is 45.4 Å². The molecular weight excluding hydrogens is 450 g/mol. The van der Waals surface area contributed by atoms with Crippen LogP contribution in [0.1, 0.15) is 12.5 Å². The van der Waals surface area contributed by atoms with Crippen molar-refractivity contribution < 1.29 is 81.8 Å². The molecule has 1 radical (unpaired) electrons. The predicted molar refractivity (Wildman–Crippen MR) is 61.1 cm³/mol. The molecule has 0 atom stereocenters. The van der Waals surface area contributed by atoms with Crippen molar-refractivity contribution in [1.29, 1.82) is 0 Å². The van der Waals surface area contributed by atoms with Gasteiger partial charge in [0.05, 0.1) is 0 Å². The Morgan fingerprint density at radius 2 is 1.60 bits per heavy atom. The van der Waals surface area contributed by atoms with Gasteiger partial charge < -0.3 is 10.1 Å². The van der Waals surface area contributed by atoms with Gasteiger partial charge in [-0.1, -0.05) is 5.56 Å². The molecular formula is C12H7F9NO2Y-. The Morgan fingerprint density at radius 3 is 1.96 bits per heavy atom. The number of carbonyl (C=O) groups excluding carboxylic acids is 1. The summed E-state index contributed by atoms with van der Waals surface area (Å²) in [6.07, 6.45) is -12.9. The number of anilines is 1. The van der Waals surface area contributed by atoms with E-state index in [4.69, 9.17) is 0 Å². The molecule has 0 aliphatic heterocycles. The number of hydrogen-bond donors (Lipinski definition) is 1. The number of hydrogen-bond acceptors (Lipinski definition) is 2. The second kappa shape index (κ2) is 8.11. The van der Waals surface area contributed by atoms with Gasteiger partial charge in [-0.05, 0) is 5.69 Å². The Labute approximate surface area is 159 Å². The third-order valence-corrected chi connectivity index (χ3v) is 2.60. The maximum Gasteiger partial charge on any atom is 0.424 e. The minimum Gasteiger partial charge on any atom is -0.497 e. The van der Waals surface area contributed by atoms with Crippen LogP contribution in [0, 0.1) is 6.07 Å². The number of nitrogens with one attached hydrogen (secondary N) is 1. The summed E-state index contributed by atoms with van der Waals surface area (Å²) in [6, 6.07) is 1.37. The molecule has 13 heteroatoms. The van der Waals surface area contributed by atoms with Gasteiger partial charge in [-0.15, -0.1) is 6.07 Å². The van der Waals surface area contributed by atoms with Crippen LogP contribution in [0.25, 0.3) is 0 Å². The van der Waals surface area contributed by atoms with Gasteiger partial charge in [0.1, 0.15) is 0 Å². The Kier molecular flexibility index (Phi) is 7.77. The van der Waals surface area contributed by atoms with Gasteiger partial charge in [-0.2, -0.15) is 47.3 Å². The van der Waals surface area contributed by atoms with Crippen LogP contribution in [-0.2, 0) is 43.2 Å². The average molecular weight is 457 g/mol. The molecule has 0 spiro atoms. The molecule has 0 aliphatic carbocycles. The molecule has 139 valence electrons. The standard InChI is InChI=1S/C12H7F9NO2.Y/c1-5(23)22-7-3-2-6(4-8(7)24-9(13)14)10(15,11(16,17)18)12(19,20)21;/h2,4,9H,1H3,(H,22,23);/q-1;. The summed E-state index contributed by atoms with van der Waals surface area (Å²) >= 11 is 0. The average Bonchev–Trinajstić information content (AvgIpc) is 2.36. The Morgan fingerprint density at radius 1 is 1.12 bits per heavy atom. The van der Waals surface area contributed by atoms with Gasteiger partial charge in [0.2, 0.25) is 5.91 Å². The quantitative estimate of drug-likeness (QED) is 0.540. The Bertz CT molecular complexity index is 602. The van der Waals surface area contributed by atoms with E-state index >= 15 is 0 Å². The molecule has 1 rings (SSSR count). The molecule has 1 amide bonds. The van der Waals surface area contributed by atoms with Crippen molar-refractivity contribution in [3.63, 3.8) is 0 Å². The molecule has 0 fully saturated rings. The van der Waals surface area contributed by atoms with Gasteiger partial charge in [0.15, 0.2) is 0 Å². The molecule has 0 aromatic heterocycles. The summed E-state index contributed by atoms with van der Waals surface area (Å²) in [5, 5.41) is 1.80. The third kappa shape index (κ3) is 5.22. The zero-order valence-corrected chi connectivity index (χ0v) is 14.9. The normalized spacial score (nSPS) is 12.6.